The van der Waals surface area contributed by atoms with Gasteiger partial charge in [0, 0.05) is 12.2 Å². The van der Waals surface area contributed by atoms with E-state index in [2.05, 4.69) is 20.9 Å². The number of nitrogens with zero attached hydrogens (tertiary/aromatic N) is 2. The summed E-state index contributed by atoms with van der Waals surface area (Å²) in [6.07, 6.45) is 0. The Morgan fingerprint density at radius 1 is 1.24 bits per heavy atom. The van der Waals surface area contributed by atoms with Crippen molar-refractivity contribution in [3.63, 3.8) is 0 Å². The molecule has 4 heteroatoms. The predicted octanol–water partition coefficient (Wildman–Crippen LogP) is 4.14. The molecule has 0 atom stereocenters. The first-order valence-electron chi connectivity index (χ1n) is 5.36. The zero-order valence-corrected chi connectivity index (χ0v) is 11.0. The number of hydrogen-bond acceptors (Lipinski definition) is 2. The SMILES string of the molecule is CCN(c1cccc(F)c1)c1cccc(Br)n1. The van der Waals surface area contributed by atoms with Gasteiger partial charge in [0.2, 0.25) is 0 Å². The van der Waals surface area contributed by atoms with Crippen LogP contribution in [0.2, 0.25) is 0 Å². The summed E-state index contributed by atoms with van der Waals surface area (Å²) in [7, 11) is 0. The molecule has 0 fully saturated rings. The first-order valence-corrected chi connectivity index (χ1v) is 6.15. The summed E-state index contributed by atoms with van der Waals surface area (Å²) in [6.45, 7) is 2.74. The number of anilines is 2. The Hall–Kier alpha value is -1.42. The van der Waals surface area contributed by atoms with Crippen molar-refractivity contribution < 1.29 is 4.39 Å². The Bertz CT molecular complexity index is 471. The summed E-state index contributed by atoms with van der Waals surface area (Å²) in [6, 6.07) is 12.2. The van der Waals surface area contributed by atoms with E-state index in [9.17, 15) is 4.39 Å². The maximum atomic E-state index is 13.2. The Morgan fingerprint density at radius 3 is 2.65 bits per heavy atom. The first-order chi connectivity index (χ1) is 8.20. The lowest BCUT2D eigenvalue weighted by Gasteiger charge is -2.22. The molecule has 1 aromatic carbocycles. The van der Waals surface area contributed by atoms with Crippen molar-refractivity contribution in [3.05, 3.63) is 52.9 Å². The number of hydrogen-bond donors (Lipinski definition) is 0. The molecule has 0 aliphatic heterocycles. The van der Waals surface area contributed by atoms with E-state index in [4.69, 9.17) is 0 Å². The summed E-state index contributed by atoms with van der Waals surface area (Å²) >= 11 is 3.33. The van der Waals surface area contributed by atoms with Crippen LogP contribution in [0.15, 0.2) is 47.1 Å². The topological polar surface area (TPSA) is 16.1 Å². The van der Waals surface area contributed by atoms with Crippen LogP contribution in [0.1, 0.15) is 6.92 Å². The van der Waals surface area contributed by atoms with Gasteiger partial charge in [-0.2, -0.15) is 0 Å². The molecule has 0 bridgehead atoms. The van der Waals surface area contributed by atoms with Crippen LogP contribution in [0, 0.1) is 5.82 Å². The van der Waals surface area contributed by atoms with Crippen molar-refractivity contribution in [2.24, 2.45) is 0 Å². The number of benzene rings is 1. The average molecular weight is 295 g/mol. The molecule has 0 spiro atoms. The van der Waals surface area contributed by atoms with Crippen LogP contribution in [-0.2, 0) is 0 Å². The van der Waals surface area contributed by atoms with E-state index in [-0.39, 0.29) is 5.82 Å². The summed E-state index contributed by atoms with van der Waals surface area (Å²) < 4.78 is 14.0. The quantitative estimate of drug-likeness (QED) is 0.791. The Kier molecular flexibility index (Phi) is 3.74. The highest BCUT2D eigenvalue weighted by molar-refractivity contribution is 9.10. The smallest absolute Gasteiger partial charge is 0.134 e. The second-order valence-electron chi connectivity index (χ2n) is 3.54. The summed E-state index contributed by atoms with van der Waals surface area (Å²) in [5.74, 6) is 0.559. The molecular formula is C13H12BrFN2. The fourth-order valence-electron chi connectivity index (χ4n) is 1.67. The van der Waals surface area contributed by atoms with Gasteiger partial charge in [-0.3, -0.25) is 0 Å². The van der Waals surface area contributed by atoms with E-state index in [1.54, 1.807) is 6.07 Å². The molecule has 2 aromatic rings. The van der Waals surface area contributed by atoms with Crippen LogP contribution < -0.4 is 4.90 Å². The Labute approximate surface area is 108 Å². The van der Waals surface area contributed by atoms with Crippen LogP contribution in [0.5, 0.6) is 0 Å². The van der Waals surface area contributed by atoms with Gasteiger partial charge < -0.3 is 4.90 Å². The van der Waals surface area contributed by atoms with Gasteiger partial charge in [0.1, 0.15) is 16.2 Å². The molecule has 2 rings (SSSR count). The maximum absolute atomic E-state index is 13.2. The van der Waals surface area contributed by atoms with E-state index in [0.29, 0.717) is 0 Å². The predicted molar refractivity (Wildman–Crippen MR) is 71.0 cm³/mol. The Balaban J connectivity index is 2.40. The lowest BCUT2D eigenvalue weighted by atomic mass is 10.2. The second kappa shape index (κ2) is 5.27. The van der Waals surface area contributed by atoms with Gasteiger partial charge in [0.15, 0.2) is 0 Å². The molecule has 0 saturated carbocycles. The summed E-state index contributed by atoms with van der Waals surface area (Å²) in [5.41, 5.74) is 0.804. The molecule has 0 saturated heterocycles. The van der Waals surface area contributed by atoms with Crippen molar-refractivity contribution in [3.8, 4) is 0 Å². The molecule has 2 nitrogen and oxygen atoms in total. The minimum atomic E-state index is -0.240. The first kappa shape index (κ1) is 12.0. The third kappa shape index (κ3) is 2.82. The fraction of sp³-hybridized carbons (Fsp3) is 0.154. The third-order valence-electron chi connectivity index (χ3n) is 2.41. The van der Waals surface area contributed by atoms with Gasteiger partial charge in [-0.1, -0.05) is 12.1 Å². The Morgan fingerprint density at radius 2 is 2.00 bits per heavy atom. The molecule has 0 amide bonds. The van der Waals surface area contributed by atoms with Crippen molar-refractivity contribution in [2.75, 3.05) is 11.4 Å². The standard InChI is InChI=1S/C13H12BrFN2/c1-2-17(11-6-3-5-10(15)9-11)13-8-4-7-12(14)16-13/h3-9H,2H2,1H3. The minimum absolute atomic E-state index is 0.240. The number of aromatic nitrogens is 1. The van der Waals surface area contributed by atoms with Gasteiger partial charge in [-0.05, 0) is 53.2 Å². The zero-order chi connectivity index (χ0) is 12.3. The van der Waals surface area contributed by atoms with Crippen LogP contribution in [0.25, 0.3) is 0 Å². The van der Waals surface area contributed by atoms with Gasteiger partial charge in [0.25, 0.3) is 0 Å². The van der Waals surface area contributed by atoms with Crippen LogP contribution in [0.3, 0.4) is 0 Å². The largest absolute Gasteiger partial charge is 0.327 e. The van der Waals surface area contributed by atoms with Gasteiger partial charge in [0.05, 0.1) is 0 Å². The lowest BCUT2D eigenvalue weighted by molar-refractivity contribution is 0.627. The normalized spacial score (nSPS) is 10.3. The molecule has 0 radical (unpaired) electrons. The average Bonchev–Trinajstić information content (AvgIpc) is 2.30. The lowest BCUT2D eigenvalue weighted by Crippen LogP contribution is -2.17. The molecule has 88 valence electrons. The molecule has 0 aliphatic carbocycles. The highest BCUT2D eigenvalue weighted by Crippen LogP contribution is 2.24. The molecule has 1 heterocycles. The zero-order valence-electron chi connectivity index (χ0n) is 9.40. The van der Waals surface area contributed by atoms with Crippen molar-refractivity contribution in [1.29, 1.82) is 0 Å². The molecule has 0 aliphatic rings. The molecule has 17 heavy (non-hydrogen) atoms. The van der Waals surface area contributed by atoms with Gasteiger partial charge in [-0.25, -0.2) is 9.37 Å². The summed E-state index contributed by atoms with van der Waals surface area (Å²) in [4.78, 5) is 6.32. The van der Waals surface area contributed by atoms with E-state index in [1.807, 2.05) is 36.1 Å². The highest BCUT2D eigenvalue weighted by Gasteiger charge is 2.09. The van der Waals surface area contributed by atoms with E-state index in [0.717, 1.165) is 22.7 Å². The molecular weight excluding hydrogens is 283 g/mol. The molecule has 0 unspecified atom stereocenters. The van der Waals surface area contributed by atoms with Crippen molar-refractivity contribution >= 4 is 27.4 Å². The van der Waals surface area contributed by atoms with E-state index in [1.165, 1.54) is 12.1 Å². The number of pyridine rings is 1. The second-order valence-corrected chi connectivity index (χ2v) is 4.36. The van der Waals surface area contributed by atoms with Crippen molar-refractivity contribution in [2.45, 2.75) is 6.92 Å². The molecule has 0 N–H and O–H groups in total. The van der Waals surface area contributed by atoms with Crippen LogP contribution in [-0.4, -0.2) is 11.5 Å². The van der Waals surface area contributed by atoms with Crippen LogP contribution >= 0.6 is 15.9 Å². The number of rotatable bonds is 3. The summed E-state index contributed by atoms with van der Waals surface area (Å²) in [5, 5.41) is 0. The maximum Gasteiger partial charge on any atom is 0.134 e. The highest BCUT2D eigenvalue weighted by atomic mass is 79.9. The fourth-order valence-corrected chi connectivity index (χ4v) is 2.00. The molecule has 1 aromatic heterocycles. The number of halogens is 2. The van der Waals surface area contributed by atoms with E-state index < -0.39 is 0 Å². The minimum Gasteiger partial charge on any atom is -0.327 e. The van der Waals surface area contributed by atoms with Gasteiger partial charge in [-0.15, -0.1) is 0 Å². The monoisotopic (exact) mass is 294 g/mol. The van der Waals surface area contributed by atoms with E-state index >= 15 is 0 Å². The van der Waals surface area contributed by atoms with Gasteiger partial charge >= 0.3 is 0 Å². The van der Waals surface area contributed by atoms with Crippen LogP contribution in [0.4, 0.5) is 15.9 Å². The third-order valence-corrected chi connectivity index (χ3v) is 2.85. The van der Waals surface area contributed by atoms with Crippen molar-refractivity contribution in [1.82, 2.24) is 4.98 Å².